The number of non-ortho nitro benzene ring substituents is 1. The number of hydrogen-bond donors (Lipinski definition) is 2. The highest BCUT2D eigenvalue weighted by atomic mass is 35.5. The third-order valence-corrected chi connectivity index (χ3v) is 5.20. The van der Waals surface area contributed by atoms with Crippen molar-refractivity contribution in [3.8, 4) is 0 Å². The Morgan fingerprint density at radius 2 is 2.18 bits per heavy atom. The molecule has 1 aliphatic heterocycles. The van der Waals surface area contributed by atoms with Gasteiger partial charge in [-0.2, -0.15) is 0 Å². The van der Waals surface area contributed by atoms with E-state index in [1.54, 1.807) is 6.92 Å². The number of nitrogens with zero attached hydrogens (tertiary/aromatic N) is 1. The summed E-state index contributed by atoms with van der Waals surface area (Å²) in [5, 5.41) is 14.0. The highest BCUT2D eigenvalue weighted by Crippen LogP contribution is 2.22. The van der Waals surface area contributed by atoms with Gasteiger partial charge >= 0.3 is 0 Å². The fourth-order valence-electron chi connectivity index (χ4n) is 2.40. The van der Waals surface area contributed by atoms with Gasteiger partial charge in [0.15, 0.2) is 0 Å². The van der Waals surface area contributed by atoms with Gasteiger partial charge in [0, 0.05) is 18.7 Å². The molecule has 0 aromatic heterocycles. The first-order valence-corrected chi connectivity index (χ1v) is 8.34. The average molecular weight is 350 g/mol. The third-order valence-electron chi connectivity index (χ3n) is 3.63. The second kappa shape index (κ2) is 7.87. The number of piperidine rings is 1. The number of nitro groups is 1. The van der Waals surface area contributed by atoms with E-state index < -0.39 is 14.9 Å². The molecule has 1 fully saturated rings. The smallest absolute Gasteiger partial charge is 0.270 e. The van der Waals surface area contributed by atoms with Crippen LogP contribution in [0.3, 0.4) is 0 Å². The van der Waals surface area contributed by atoms with Crippen LogP contribution in [-0.2, 0) is 10.0 Å². The monoisotopic (exact) mass is 349 g/mol. The van der Waals surface area contributed by atoms with Crippen molar-refractivity contribution in [2.45, 2.75) is 24.7 Å². The minimum atomic E-state index is -3.73. The minimum Gasteiger partial charge on any atom is -0.316 e. The second-order valence-electron chi connectivity index (χ2n) is 5.27. The lowest BCUT2D eigenvalue weighted by atomic mass is 10.0. The van der Waals surface area contributed by atoms with Crippen molar-refractivity contribution in [3.63, 3.8) is 0 Å². The predicted molar refractivity (Wildman–Crippen MR) is 85.9 cm³/mol. The van der Waals surface area contributed by atoms with E-state index in [-0.39, 0.29) is 28.9 Å². The summed E-state index contributed by atoms with van der Waals surface area (Å²) in [6.45, 7) is 3.72. The quantitative estimate of drug-likeness (QED) is 0.621. The molecule has 0 spiro atoms. The summed E-state index contributed by atoms with van der Waals surface area (Å²) in [5.74, 6) is 0.257. The molecule has 0 bridgehead atoms. The van der Waals surface area contributed by atoms with E-state index in [0.717, 1.165) is 32.0 Å². The predicted octanol–water partition coefficient (Wildman–Crippen LogP) is 1.60. The van der Waals surface area contributed by atoms with E-state index in [2.05, 4.69) is 10.0 Å². The molecule has 124 valence electrons. The summed E-state index contributed by atoms with van der Waals surface area (Å²) in [4.78, 5) is 10.2. The highest BCUT2D eigenvalue weighted by Gasteiger charge is 2.22. The summed E-state index contributed by atoms with van der Waals surface area (Å²) in [7, 11) is -3.73. The van der Waals surface area contributed by atoms with E-state index in [1.807, 2.05) is 0 Å². The number of sulfonamides is 1. The third kappa shape index (κ3) is 4.64. The Labute approximate surface area is 136 Å². The number of nitro benzene ring substituents is 1. The molecule has 1 aromatic rings. The molecule has 1 aliphatic rings. The van der Waals surface area contributed by atoms with Gasteiger partial charge in [0.25, 0.3) is 5.69 Å². The van der Waals surface area contributed by atoms with Crippen molar-refractivity contribution < 1.29 is 13.3 Å². The topological polar surface area (TPSA) is 101 Å². The van der Waals surface area contributed by atoms with Crippen LogP contribution in [0.25, 0.3) is 0 Å². The first kappa shape index (κ1) is 18.8. The maximum Gasteiger partial charge on any atom is 0.270 e. The molecule has 0 amide bonds. The summed E-state index contributed by atoms with van der Waals surface area (Å²) < 4.78 is 27.2. The number of halogens is 1. The van der Waals surface area contributed by atoms with Crippen LogP contribution < -0.4 is 10.0 Å². The van der Waals surface area contributed by atoms with Crippen molar-refractivity contribution in [2.75, 3.05) is 19.6 Å². The molecule has 1 saturated heterocycles. The van der Waals surface area contributed by atoms with Crippen LogP contribution in [-0.4, -0.2) is 33.0 Å². The Kier molecular flexibility index (Phi) is 6.73. The Bertz CT molecular complexity index is 630. The van der Waals surface area contributed by atoms with Crippen LogP contribution in [0.5, 0.6) is 0 Å². The Balaban J connectivity index is 0.00000242. The molecule has 1 aromatic carbocycles. The number of benzene rings is 1. The van der Waals surface area contributed by atoms with Crippen LogP contribution in [0.2, 0.25) is 0 Å². The maximum absolute atomic E-state index is 12.3. The Morgan fingerprint density at radius 3 is 2.77 bits per heavy atom. The molecule has 2 N–H and O–H groups in total. The van der Waals surface area contributed by atoms with Crippen LogP contribution in [0.4, 0.5) is 5.69 Å². The van der Waals surface area contributed by atoms with E-state index in [9.17, 15) is 18.5 Å². The van der Waals surface area contributed by atoms with Crippen molar-refractivity contribution >= 4 is 28.1 Å². The normalized spacial score (nSPS) is 18.5. The van der Waals surface area contributed by atoms with Crippen LogP contribution in [0.15, 0.2) is 23.1 Å². The summed E-state index contributed by atoms with van der Waals surface area (Å²) in [6, 6.07) is 3.87. The maximum atomic E-state index is 12.3. The lowest BCUT2D eigenvalue weighted by molar-refractivity contribution is -0.385. The van der Waals surface area contributed by atoms with Gasteiger partial charge in [-0.25, -0.2) is 13.1 Å². The van der Waals surface area contributed by atoms with Crippen molar-refractivity contribution in [2.24, 2.45) is 5.92 Å². The lowest BCUT2D eigenvalue weighted by Crippen LogP contribution is -2.38. The molecule has 1 unspecified atom stereocenters. The fraction of sp³-hybridized carbons (Fsp3) is 0.538. The molecule has 9 heteroatoms. The number of nitrogens with one attached hydrogen (secondary N) is 2. The first-order valence-electron chi connectivity index (χ1n) is 6.85. The molecule has 0 saturated carbocycles. The molecule has 0 radical (unpaired) electrons. The summed E-state index contributed by atoms with van der Waals surface area (Å²) in [5.41, 5.74) is 0.273. The van der Waals surface area contributed by atoms with E-state index in [0.29, 0.717) is 12.1 Å². The average Bonchev–Trinajstić information content (AvgIpc) is 2.46. The molecular weight excluding hydrogens is 330 g/mol. The number of hydrogen-bond acceptors (Lipinski definition) is 5. The molecular formula is C13H20ClN3O4S. The zero-order valence-electron chi connectivity index (χ0n) is 12.2. The SMILES string of the molecule is Cc1ccc([N+](=O)[O-])cc1S(=O)(=O)NCC1CCCNC1.Cl. The zero-order valence-corrected chi connectivity index (χ0v) is 13.9. The Morgan fingerprint density at radius 1 is 1.45 bits per heavy atom. The molecule has 1 atom stereocenters. The largest absolute Gasteiger partial charge is 0.316 e. The molecule has 1 heterocycles. The van der Waals surface area contributed by atoms with Gasteiger partial charge in [0.2, 0.25) is 10.0 Å². The van der Waals surface area contributed by atoms with Gasteiger partial charge in [0.05, 0.1) is 9.82 Å². The van der Waals surface area contributed by atoms with E-state index >= 15 is 0 Å². The molecule has 22 heavy (non-hydrogen) atoms. The fourth-order valence-corrected chi connectivity index (χ4v) is 3.77. The van der Waals surface area contributed by atoms with E-state index in [1.165, 1.54) is 12.1 Å². The summed E-state index contributed by atoms with van der Waals surface area (Å²) >= 11 is 0. The Hall–Kier alpha value is -1.22. The van der Waals surface area contributed by atoms with Gasteiger partial charge in [0.1, 0.15) is 0 Å². The van der Waals surface area contributed by atoms with Crippen molar-refractivity contribution in [1.82, 2.24) is 10.0 Å². The number of rotatable bonds is 5. The lowest BCUT2D eigenvalue weighted by Gasteiger charge is -2.23. The first-order chi connectivity index (χ1) is 9.90. The van der Waals surface area contributed by atoms with Crippen LogP contribution in [0, 0.1) is 23.0 Å². The van der Waals surface area contributed by atoms with Crippen LogP contribution in [0.1, 0.15) is 18.4 Å². The van der Waals surface area contributed by atoms with Crippen molar-refractivity contribution in [3.05, 3.63) is 33.9 Å². The standard InChI is InChI=1S/C13H19N3O4S.ClH/c1-10-4-5-12(16(17)18)7-13(10)21(19,20)15-9-11-3-2-6-14-8-11;/h4-5,7,11,14-15H,2-3,6,8-9H2,1H3;1H. The minimum absolute atomic E-state index is 0. The van der Waals surface area contributed by atoms with Crippen molar-refractivity contribution in [1.29, 1.82) is 0 Å². The number of aryl methyl sites for hydroxylation is 1. The van der Waals surface area contributed by atoms with Gasteiger partial charge in [-0.15, -0.1) is 12.4 Å². The molecule has 7 nitrogen and oxygen atoms in total. The van der Waals surface area contributed by atoms with Gasteiger partial charge in [-0.05, 0) is 44.3 Å². The highest BCUT2D eigenvalue weighted by molar-refractivity contribution is 7.89. The van der Waals surface area contributed by atoms with Crippen LogP contribution >= 0.6 is 12.4 Å². The van der Waals surface area contributed by atoms with Gasteiger partial charge in [-0.3, -0.25) is 10.1 Å². The van der Waals surface area contributed by atoms with E-state index in [4.69, 9.17) is 0 Å². The van der Waals surface area contributed by atoms with Gasteiger partial charge in [-0.1, -0.05) is 6.07 Å². The molecule has 0 aliphatic carbocycles. The zero-order chi connectivity index (χ0) is 15.5. The second-order valence-corrected chi connectivity index (χ2v) is 7.01. The van der Waals surface area contributed by atoms with Gasteiger partial charge < -0.3 is 5.32 Å². The molecule has 2 rings (SSSR count). The summed E-state index contributed by atoms with van der Waals surface area (Å²) in [6.07, 6.45) is 2.01.